The summed E-state index contributed by atoms with van der Waals surface area (Å²) < 4.78 is 34.5. The van der Waals surface area contributed by atoms with Gasteiger partial charge in [-0.05, 0) is 80.6 Å². The number of aromatic nitrogens is 2. The van der Waals surface area contributed by atoms with Crippen molar-refractivity contribution in [1.29, 1.82) is 0 Å². The van der Waals surface area contributed by atoms with Crippen LogP contribution in [-0.2, 0) is 16.0 Å². The lowest BCUT2D eigenvalue weighted by Gasteiger charge is -2.20. The van der Waals surface area contributed by atoms with Crippen molar-refractivity contribution in [2.45, 2.75) is 57.8 Å². The fraction of sp³-hybridized carbons (Fsp3) is 0.303. The van der Waals surface area contributed by atoms with Crippen LogP contribution >= 0.6 is 0 Å². The van der Waals surface area contributed by atoms with Crippen molar-refractivity contribution in [3.8, 4) is 22.3 Å². The Balaban J connectivity index is 1.88. The van der Waals surface area contributed by atoms with Crippen molar-refractivity contribution in [2.24, 2.45) is 0 Å². The summed E-state index contributed by atoms with van der Waals surface area (Å²) >= 11 is 0. The van der Waals surface area contributed by atoms with E-state index >= 15 is 0 Å². The molecule has 0 fully saturated rings. The zero-order chi connectivity index (χ0) is 31.1. The van der Waals surface area contributed by atoms with E-state index in [1.807, 2.05) is 18.4 Å². The smallest absolute Gasteiger partial charge is 0.308 e. The maximum absolute atomic E-state index is 14.0. The van der Waals surface area contributed by atoms with Gasteiger partial charge in [-0.25, -0.2) is 13.8 Å². The van der Waals surface area contributed by atoms with Crippen LogP contribution in [0.25, 0.3) is 22.3 Å². The molecule has 2 aromatic heterocycles. The maximum Gasteiger partial charge on any atom is 0.308 e. The lowest BCUT2D eigenvalue weighted by atomic mass is 9.92. The second-order valence-corrected chi connectivity index (χ2v) is 10.6. The first-order chi connectivity index (χ1) is 20.6. The minimum atomic E-state index is -1.09. The van der Waals surface area contributed by atoms with Gasteiger partial charge in [-0.3, -0.25) is 9.59 Å². The number of nitrogens with zero attached hydrogens (tertiary/aromatic N) is 2. The third-order valence-corrected chi connectivity index (χ3v) is 7.10. The Hall–Kier alpha value is -4.41. The molecule has 226 valence electrons. The van der Waals surface area contributed by atoms with E-state index in [0.717, 1.165) is 0 Å². The van der Waals surface area contributed by atoms with E-state index in [0.29, 0.717) is 39.5 Å². The highest BCUT2D eigenvalue weighted by Gasteiger charge is 2.31. The summed E-state index contributed by atoms with van der Waals surface area (Å²) in [6, 6.07) is 16.6. The molecule has 10 heteroatoms. The van der Waals surface area contributed by atoms with Crippen molar-refractivity contribution in [1.82, 2.24) is 9.55 Å². The molecule has 0 aliphatic heterocycles. The quantitative estimate of drug-likeness (QED) is 0.176. The third kappa shape index (κ3) is 7.71. The maximum atomic E-state index is 14.0. The van der Waals surface area contributed by atoms with Gasteiger partial charge in [-0.1, -0.05) is 30.3 Å². The van der Waals surface area contributed by atoms with Crippen LogP contribution in [0.15, 0.2) is 72.9 Å². The van der Waals surface area contributed by atoms with Crippen molar-refractivity contribution in [3.05, 3.63) is 95.9 Å². The van der Waals surface area contributed by atoms with E-state index in [9.17, 15) is 28.6 Å². The van der Waals surface area contributed by atoms with E-state index in [-0.39, 0.29) is 31.7 Å². The first kappa shape index (κ1) is 31.5. The van der Waals surface area contributed by atoms with E-state index in [1.54, 1.807) is 48.7 Å². The predicted octanol–water partition coefficient (Wildman–Crippen LogP) is 5.94. The van der Waals surface area contributed by atoms with Crippen LogP contribution in [0, 0.1) is 11.6 Å². The molecule has 0 saturated carbocycles. The van der Waals surface area contributed by atoms with Crippen LogP contribution < -0.4 is 5.32 Å². The number of nitrogens with one attached hydrogen (secondary N) is 1. The number of ether oxygens (including phenoxy) is 1. The molecular weight excluding hydrogens is 556 g/mol. The average Bonchev–Trinajstić information content (AvgIpc) is 3.32. The number of pyridine rings is 1. The second kappa shape index (κ2) is 14.2. The molecule has 0 aliphatic rings. The molecule has 4 aromatic rings. The molecule has 2 heterocycles. The van der Waals surface area contributed by atoms with Gasteiger partial charge in [0.1, 0.15) is 23.1 Å². The van der Waals surface area contributed by atoms with Crippen molar-refractivity contribution >= 4 is 17.7 Å². The molecule has 0 aliphatic carbocycles. The topological polar surface area (TPSA) is 114 Å². The highest BCUT2D eigenvalue weighted by atomic mass is 19.1. The first-order valence-electron chi connectivity index (χ1n) is 14.0. The van der Waals surface area contributed by atoms with Crippen LogP contribution in [0.5, 0.6) is 0 Å². The fourth-order valence-electron chi connectivity index (χ4n) is 5.21. The molecule has 0 bridgehead atoms. The van der Waals surface area contributed by atoms with Crippen LogP contribution in [-0.4, -0.2) is 51.0 Å². The number of esters is 1. The summed E-state index contributed by atoms with van der Waals surface area (Å²) in [5.41, 5.74) is 3.33. The van der Waals surface area contributed by atoms with E-state index in [2.05, 4.69) is 15.0 Å². The summed E-state index contributed by atoms with van der Waals surface area (Å²) in [5, 5.41) is 23.9. The number of benzene rings is 2. The molecule has 0 saturated heterocycles. The average molecular weight is 592 g/mol. The molecule has 3 N–H and O–H groups in total. The minimum Gasteiger partial charge on any atom is -0.469 e. The monoisotopic (exact) mass is 591 g/mol. The number of rotatable bonds is 12. The van der Waals surface area contributed by atoms with Gasteiger partial charge in [-0.15, -0.1) is 0 Å². The summed E-state index contributed by atoms with van der Waals surface area (Å²) in [6.45, 7) is 3.83. The van der Waals surface area contributed by atoms with Crippen LogP contribution in [0.4, 0.5) is 14.6 Å². The summed E-state index contributed by atoms with van der Waals surface area (Å²) in [6.07, 6.45) is -0.356. The Morgan fingerprint density at radius 2 is 1.51 bits per heavy atom. The van der Waals surface area contributed by atoms with Gasteiger partial charge in [0.05, 0.1) is 25.7 Å². The molecule has 2 unspecified atom stereocenters. The lowest BCUT2D eigenvalue weighted by Crippen LogP contribution is -2.23. The molecule has 1 amide bonds. The molecule has 2 atom stereocenters. The van der Waals surface area contributed by atoms with E-state index in [4.69, 9.17) is 0 Å². The number of halogens is 2. The summed E-state index contributed by atoms with van der Waals surface area (Å²) in [4.78, 5) is 29.8. The number of carbonyl (C=O) groups excluding carboxylic acids is 2. The molecule has 4 rings (SSSR count). The van der Waals surface area contributed by atoms with Crippen LogP contribution in [0.2, 0.25) is 0 Å². The van der Waals surface area contributed by atoms with Gasteiger partial charge < -0.3 is 24.8 Å². The van der Waals surface area contributed by atoms with Gasteiger partial charge >= 0.3 is 5.97 Å². The fourth-order valence-corrected chi connectivity index (χ4v) is 5.21. The highest BCUT2D eigenvalue weighted by molar-refractivity contribution is 6.10. The SMILES string of the molecule is COC(=O)CC(O)CC(O)CCc1c(-c2ccc(F)cc2)c(-c2ccc(F)cc2)c(C(=O)Nc2ccccn2)n1C(C)C. The number of aliphatic hydroxyl groups excluding tert-OH is 2. The van der Waals surface area contributed by atoms with Crippen molar-refractivity contribution < 1.29 is 33.3 Å². The molecule has 0 radical (unpaired) electrons. The van der Waals surface area contributed by atoms with Crippen molar-refractivity contribution in [2.75, 3.05) is 12.4 Å². The molecule has 2 aromatic carbocycles. The molecule has 0 spiro atoms. The summed E-state index contributed by atoms with van der Waals surface area (Å²) in [7, 11) is 1.23. The zero-order valence-electron chi connectivity index (χ0n) is 24.3. The number of anilines is 1. The van der Waals surface area contributed by atoms with E-state index in [1.165, 1.54) is 31.4 Å². The number of amides is 1. The zero-order valence-corrected chi connectivity index (χ0v) is 24.3. The molecule has 8 nitrogen and oxygen atoms in total. The number of hydrogen-bond acceptors (Lipinski definition) is 6. The Kier molecular flexibility index (Phi) is 10.4. The molecule has 43 heavy (non-hydrogen) atoms. The number of hydrogen-bond donors (Lipinski definition) is 3. The lowest BCUT2D eigenvalue weighted by molar-refractivity contribution is -0.143. The van der Waals surface area contributed by atoms with Gasteiger partial charge in [-0.2, -0.15) is 0 Å². The largest absolute Gasteiger partial charge is 0.469 e. The number of aliphatic hydroxyl groups is 2. The third-order valence-electron chi connectivity index (χ3n) is 7.10. The molecular formula is C33H35F2N3O5. The number of carbonyl (C=O) groups is 2. The predicted molar refractivity (Wildman–Crippen MR) is 159 cm³/mol. The number of methoxy groups -OCH3 is 1. The Bertz CT molecular complexity index is 1540. The Labute approximate surface area is 249 Å². The Morgan fingerprint density at radius 3 is 2.05 bits per heavy atom. The normalized spacial score (nSPS) is 12.7. The van der Waals surface area contributed by atoms with Gasteiger partial charge in [0.2, 0.25) is 0 Å². The Morgan fingerprint density at radius 1 is 0.907 bits per heavy atom. The van der Waals surface area contributed by atoms with Crippen molar-refractivity contribution in [3.63, 3.8) is 0 Å². The van der Waals surface area contributed by atoms with Crippen LogP contribution in [0.3, 0.4) is 0 Å². The van der Waals surface area contributed by atoms with Gasteiger partial charge in [0, 0.05) is 29.1 Å². The summed E-state index contributed by atoms with van der Waals surface area (Å²) in [5.74, 6) is -1.56. The highest BCUT2D eigenvalue weighted by Crippen LogP contribution is 2.43. The van der Waals surface area contributed by atoms with Gasteiger partial charge in [0.15, 0.2) is 0 Å². The van der Waals surface area contributed by atoms with E-state index < -0.39 is 35.7 Å². The standard InChI is InChI=1S/C33H35F2N3O5/c1-20(2)38-27(16-15-25(39)18-26(40)19-29(41)43-3)30(21-7-11-23(34)12-8-21)31(22-9-13-24(35)14-10-22)32(38)33(42)37-28-6-4-5-17-36-28/h4-14,17,20,25-26,39-40H,15-16,18-19H2,1-3H3,(H,36,37,42). The first-order valence-corrected chi connectivity index (χ1v) is 14.0. The minimum absolute atomic E-state index is 0.0544. The van der Waals surface area contributed by atoms with Gasteiger partial charge in [0.25, 0.3) is 5.91 Å². The second-order valence-electron chi connectivity index (χ2n) is 10.6. The van der Waals surface area contributed by atoms with Crippen LogP contribution in [0.1, 0.15) is 55.3 Å².